The molecule has 126 valence electrons. The van der Waals surface area contributed by atoms with Crippen LogP contribution in [0.15, 0.2) is 24.3 Å². The number of aliphatic carboxylic acids is 1. The third-order valence-electron chi connectivity index (χ3n) is 3.66. The van der Waals surface area contributed by atoms with Crippen LogP contribution in [0.3, 0.4) is 0 Å². The average molecular weight is 321 g/mol. The summed E-state index contributed by atoms with van der Waals surface area (Å²) in [5, 5.41) is 12.3. The first kappa shape index (κ1) is 17.3. The Morgan fingerprint density at radius 2 is 2.04 bits per heavy atom. The van der Waals surface area contributed by atoms with Crippen molar-refractivity contribution < 1.29 is 24.2 Å². The molecule has 1 aliphatic rings. The third-order valence-corrected chi connectivity index (χ3v) is 3.66. The quantitative estimate of drug-likeness (QED) is 0.890. The van der Waals surface area contributed by atoms with Gasteiger partial charge in [-0.05, 0) is 38.3 Å². The summed E-state index contributed by atoms with van der Waals surface area (Å²) in [6, 6.07) is 7.37. The number of carbonyl (C=O) groups excluding carboxylic acids is 1. The maximum Gasteiger partial charge on any atom is 0.407 e. The largest absolute Gasteiger partial charge is 0.479 e. The number of amides is 1. The number of rotatable bonds is 4. The van der Waals surface area contributed by atoms with Gasteiger partial charge < -0.3 is 19.9 Å². The van der Waals surface area contributed by atoms with E-state index in [1.54, 1.807) is 32.9 Å². The molecule has 0 aliphatic carbocycles. The smallest absolute Gasteiger partial charge is 0.407 e. The van der Waals surface area contributed by atoms with E-state index in [4.69, 9.17) is 9.47 Å². The van der Waals surface area contributed by atoms with Crippen molar-refractivity contribution >= 4 is 12.1 Å². The van der Waals surface area contributed by atoms with Crippen molar-refractivity contribution in [1.82, 2.24) is 5.32 Å². The van der Waals surface area contributed by atoms with E-state index in [1.165, 1.54) is 0 Å². The topological polar surface area (TPSA) is 84.9 Å². The molecule has 0 saturated heterocycles. The van der Waals surface area contributed by atoms with E-state index in [1.807, 2.05) is 12.1 Å². The summed E-state index contributed by atoms with van der Waals surface area (Å²) in [7, 11) is 0. The van der Waals surface area contributed by atoms with E-state index in [0.717, 1.165) is 5.56 Å². The van der Waals surface area contributed by atoms with Crippen LogP contribution in [0, 0.1) is 0 Å². The highest BCUT2D eigenvalue weighted by molar-refractivity contribution is 5.80. The molecule has 6 nitrogen and oxygen atoms in total. The second-order valence-corrected chi connectivity index (χ2v) is 6.57. The molecular formula is C17H23NO5. The Hall–Kier alpha value is -2.08. The SMILES string of the molecule is CC(C)(C)OC(=O)NCCC1(C(=O)O)OCCc2ccccc21. The van der Waals surface area contributed by atoms with Crippen LogP contribution in [0.2, 0.25) is 0 Å². The van der Waals surface area contributed by atoms with Gasteiger partial charge in [0.15, 0.2) is 5.60 Å². The Morgan fingerprint density at radius 1 is 1.35 bits per heavy atom. The van der Waals surface area contributed by atoms with Crippen molar-refractivity contribution in [2.75, 3.05) is 13.2 Å². The zero-order valence-electron chi connectivity index (χ0n) is 13.7. The molecule has 1 aliphatic heterocycles. The van der Waals surface area contributed by atoms with Crippen LogP contribution in [0.5, 0.6) is 0 Å². The Morgan fingerprint density at radius 3 is 2.70 bits per heavy atom. The Labute approximate surface area is 135 Å². The highest BCUT2D eigenvalue weighted by atomic mass is 16.6. The minimum absolute atomic E-state index is 0.137. The fourth-order valence-electron chi connectivity index (χ4n) is 2.69. The summed E-state index contributed by atoms with van der Waals surface area (Å²) >= 11 is 0. The lowest BCUT2D eigenvalue weighted by Crippen LogP contribution is -2.45. The molecular weight excluding hydrogens is 298 g/mol. The maximum atomic E-state index is 11.9. The number of fused-ring (bicyclic) bond motifs is 1. The number of nitrogens with one attached hydrogen (secondary N) is 1. The number of benzene rings is 1. The van der Waals surface area contributed by atoms with Crippen molar-refractivity contribution in [2.45, 2.75) is 44.8 Å². The second kappa shape index (κ2) is 6.58. The van der Waals surface area contributed by atoms with E-state index in [-0.39, 0.29) is 13.0 Å². The van der Waals surface area contributed by atoms with Gasteiger partial charge in [0.25, 0.3) is 0 Å². The first-order valence-electron chi connectivity index (χ1n) is 7.67. The van der Waals surface area contributed by atoms with Crippen LogP contribution >= 0.6 is 0 Å². The van der Waals surface area contributed by atoms with Crippen molar-refractivity contribution in [3.8, 4) is 0 Å². The van der Waals surface area contributed by atoms with Gasteiger partial charge in [-0.15, -0.1) is 0 Å². The van der Waals surface area contributed by atoms with Gasteiger partial charge in [0.2, 0.25) is 0 Å². The number of carboxylic acid groups (broad SMARTS) is 1. The van der Waals surface area contributed by atoms with Crippen molar-refractivity contribution in [3.05, 3.63) is 35.4 Å². The predicted molar refractivity (Wildman–Crippen MR) is 84.3 cm³/mol. The van der Waals surface area contributed by atoms with E-state index >= 15 is 0 Å². The molecule has 0 spiro atoms. The standard InChI is InChI=1S/C17H23NO5/c1-16(2,3)23-15(21)18-10-9-17(14(19)20)13-7-5-4-6-12(13)8-11-22-17/h4-7H,8-11H2,1-3H3,(H,18,21)(H,19,20). The number of ether oxygens (including phenoxy) is 2. The van der Waals surface area contributed by atoms with E-state index in [9.17, 15) is 14.7 Å². The number of hydrogen-bond donors (Lipinski definition) is 2. The lowest BCUT2D eigenvalue weighted by atomic mass is 9.84. The summed E-state index contributed by atoms with van der Waals surface area (Å²) in [5.74, 6) is -1.05. The monoisotopic (exact) mass is 321 g/mol. The van der Waals surface area contributed by atoms with Crippen LogP contribution in [0.4, 0.5) is 4.79 Å². The summed E-state index contributed by atoms with van der Waals surface area (Å²) < 4.78 is 10.8. The fraction of sp³-hybridized carbons (Fsp3) is 0.529. The van der Waals surface area contributed by atoms with Crippen LogP contribution < -0.4 is 5.32 Å². The predicted octanol–water partition coefficient (Wildman–Crippen LogP) is 2.45. The van der Waals surface area contributed by atoms with Gasteiger partial charge in [-0.25, -0.2) is 9.59 Å². The lowest BCUT2D eigenvalue weighted by Gasteiger charge is -2.35. The highest BCUT2D eigenvalue weighted by Gasteiger charge is 2.44. The Balaban J connectivity index is 2.09. The second-order valence-electron chi connectivity index (χ2n) is 6.57. The van der Waals surface area contributed by atoms with E-state index in [2.05, 4.69) is 5.32 Å². The molecule has 2 N–H and O–H groups in total. The maximum absolute atomic E-state index is 11.9. The first-order chi connectivity index (χ1) is 10.7. The van der Waals surface area contributed by atoms with Crippen LogP contribution in [0.25, 0.3) is 0 Å². The van der Waals surface area contributed by atoms with Crippen molar-refractivity contribution in [2.24, 2.45) is 0 Å². The molecule has 23 heavy (non-hydrogen) atoms. The Kier molecular flexibility index (Phi) is 4.94. The summed E-state index contributed by atoms with van der Waals surface area (Å²) in [6.45, 7) is 5.80. The zero-order chi connectivity index (χ0) is 17.1. The van der Waals surface area contributed by atoms with E-state index < -0.39 is 23.3 Å². The minimum atomic E-state index is -1.43. The zero-order valence-corrected chi connectivity index (χ0v) is 13.7. The number of hydrogen-bond acceptors (Lipinski definition) is 4. The molecule has 1 unspecified atom stereocenters. The van der Waals surface area contributed by atoms with Gasteiger partial charge >= 0.3 is 12.1 Å². The minimum Gasteiger partial charge on any atom is -0.479 e. The van der Waals surface area contributed by atoms with E-state index in [0.29, 0.717) is 18.6 Å². The molecule has 0 radical (unpaired) electrons. The van der Waals surface area contributed by atoms with Gasteiger partial charge in [-0.1, -0.05) is 24.3 Å². The summed E-state index contributed by atoms with van der Waals surface area (Å²) in [5.41, 5.74) is -0.394. The molecule has 0 saturated carbocycles. The molecule has 0 aromatic heterocycles. The number of carboxylic acids is 1. The van der Waals surface area contributed by atoms with Gasteiger partial charge in [-0.2, -0.15) is 0 Å². The summed E-state index contributed by atoms with van der Waals surface area (Å²) in [4.78, 5) is 23.6. The third kappa shape index (κ3) is 4.01. The van der Waals surface area contributed by atoms with Gasteiger partial charge in [0, 0.05) is 13.0 Å². The first-order valence-corrected chi connectivity index (χ1v) is 7.67. The molecule has 1 amide bonds. The molecule has 1 atom stereocenters. The average Bonchev–Trinajstić information content (AvgIpc) is 2.45. The summed E-state index contributed by atoms with van der Waals surface area (Å²) in [6.07, 6.45) is 0.255. The van der Waals surface area contributed by atoms with Crippen LogP contribution in [-0.4, -0.2) is 35.9 Å². The van der Waals surface area contributed by atoms with Crippen molar-refractivity contribution in [1.29, 1.82) is 0 Å². The molecule has 1 aromatic carbocycles. The molecule has 0 fully saturated rings. The number of alkyl carbamates (subject to hydrolysis) is 1. The molecule has 2 rings (SSSR count). The molecule has 1 heterocycles. The van der Waals surface area contributed by atoms with Crippen LogP contribution in [0.1, 0.15) is 38.3 Å². The van der Waals surface area contributed by atoms with Crippen LogP contribution in [-0.2, 0) is 26.3 Å². The molecule has 0 bridgehead atoms. The van der Waals surface area contributed by atoms with Gasteiger partial charge in [-0.3, -0.25) is 0 Å². The molecule has 6 heteroatoms. The number of carbonyl (C=O) groups is 2. The van der Waals surface area contributed by atoms with Gasteiger partial charge in [0.1, 0.15) is 5.60 Å². The Bertz CT molecular complexity index is 593. The highest BCUT2D eigenvalue weighted by Crippen LogP contribution is 2.36. The van der Waals surface area contributed by atoms with Gasteiger partial charge in [0.05, 0.1) is 6.61 Å². The van der Waals surface area contributed by atoms with Crippen molar-refractivity contribution in [3.63, 3.8) is 0 Å². The lowest BCUT2D eigenvalue weighted by molar-refractivity contribution is -0.171. The normalized spacial score (nSPS) is 20.5. The fourth-order valence-corrected chi connectivity index (χ4v) is 2.69. The molecule has 1 aromatic rings.